The van der Waals surface area contributed by atoms with E-state index in [0.717, 1.165) is 16.9 Å². The number of hydrogen-bond acceptors (Lipinski definition) is 4. The SMILES string of the molecule is Cc1ccc2c(c1)CC(CS(=O)(=O)c1cccc(N)c1)O2. The Morgan fingerprint density at radius 3 is 2.81 bits per heavy atom. The third-order valence-electron chi connectivity index (χ3n) is 3.58. The van der Waals surface area contributed by atoms with Gasteiger partial charge < -0.3 is 10.5 Å². The molecule has 0 bridgehead atoms. The van der Waals surface area contributed by atoms with Gasteiger partial charge in [-0.3, -0.25) is 0 Å². The number of anilines is 1. The van der Waals surface area contributed by atoms with Crippen LogP contribution in [0, 0.1) is 6.92 Å². The van der Waals surface area contributed by atoms with Crippen molar-refractivity contribution in [2.24, 2.45) is 0 Å². The number of rotatable bonds is 3. The molecule has 2 aromatic carbocycles. The molecule has 1 aliphatic heterocycles. The molecule has 21 heavy (non-hydrogen) atoms. The topological polar surface area (TPSA) is 69.4 Å². The molecule has 1 heterocycles. The van der Waals surface area contributed by atoms with E-state index in [1.54, 1.807) is 18.2 Å². The minimum absolute atomic E-state index is 0.0375. The van der Waals surface area contributed by atoms with Gasteiger partial charge in [-0.1, -0.05) is 23.8 Å². The van der Waals surface area contributed by atoms with Crippen LogP contribution in [0.2, 0.25) is 0 Å². The van der Waals surface area contributed by atoms with Crippen molar-refractivity contribution in [1.29, 1.82) is 0 Å². The lowest BCUT2D eigenvalue weighted by Gasteiger charge is -2.11. The molecule has 2 N–H and O–H groups in total. The number of aryl methyl sites for hydroxylation is 1. The summed E-state index contributed by atoms with van der Waals surface area (Å²) in [6, 6.07) is 12.3. The first-order valence-corrected chi connectivity index (χ1v) is 8.44. The maximum atomic E-state index is 12.4. The van der Waals surface area contributed by atoms with Gasteiger partial charge in [-0.05, 0) is 36.8 Å². The summed E-state index contributed by atoms with van der Waals surface area (Å²) >= 11 is 0. The molecule has 0 saturated carbocycles. The molecule has 0 amide bonds. The van der Waals surface area contributed by atoms with Crippen LogP contribution in [0.5, 0.6) is 5.75 Å². The monoisotopic (exact) mass is 303 g/mol. The Balaban J connectivity index is 1.79. The van der Waals surface area contributed by atoms with Crippen LogP contribution < -0.4 is 10.5 Å². The zero-order chi connectivity index (χ0) is 15.0. The Bertz CT molecular complexity index is 784. The fourth-order valence-electron chi connectivity index (χ4n) is 2.59. The minimum Gasteiger partial charge on any atom is -0.489 e. The van der Waals surface area contributed by atoms with Crippen LogP contribution in [-0.2, 0) is 16.3 Å². The summed E-state index contributed by atoms with van der Waals surface area (Å²) in [4.78, 5) is 0.248. The van der Waals surface area contributed by atoms with Crippen LogP contribution in [0.3, 0.4) is 0 Å². The van der Waals surface area contributed by atoms with Crippen LogP contribution in [0.1, 0.15) is 11.1 Å². The molecule has 2 aromatic rings. The van der Waals surface area contributed by atoms with Crippen molar-refractivity contribution in [2.75, 3.05) is 11.5 Å². The van der Waals surface area contributed by atoms with E-state index in [1.165, 1.54) is 6.07 Å². The summed E-state index contributed by atoms with van der Waals surface area (Å²) in [5.41, 5.74) is 8.32. The quantitative estimate of drug-likeness (QED) is 0.884. The minimum atomic E-state index is -3.40. The van der Waals surface area contributed by atoms with Crippen molar-refractivity contribution in [3.63, 3.8) is 0 Å². The molecule has 0 saturated heterocycles. The molecule has 3 rings (SSSR count). The Morgan fingerprint density at radius 2 is 2.05 bits per heavy atom. The molecule has 1 unspecified atom stereocenters. The normalized spacial score (nSPS) is 17.3. The highest BCUT2D eigenvalue weighted by Gasteiger charge is 2.28. The number of ether oxygens (including phenoxy) is 1. The first-order chi connectivity index (χ1) is 9.94. The van der Waals surface area contributed by atoms with Crippen molar-refractivity contribution in [3.8, 4) is 5.75 Å². The second kappa shape index (κ2) is 5.07. The zero-order valence-corrected chi connectivity index (χ0v) is 12.6. The summed E-state index contributed by atoms with van der Waals surface area (Å²) in [6.45, 7) is 2.01. The van der Waals surface area contributed by atoms with Gasteiger partial charge in [0.15, 0.2) is 9.84 Å². The number of nitrogen functional groups attached to an aromatic ring is 1. The lowest BCUT2D eigenvalue weighted by Crippen LogP contribution is -2.25. The summed E-state index contributed by atoms with van der Waals surface area (Å²) in [5, 5.41) is 0. The first-order valence-electron chi connectivity index (χ1n) is 6.78. The van der Waals surface area contributed by atoms with E-state index in [0.29, 0.717) is 12.1 Å². The molecule has 0 spiro atoms. The van der Waals surface area contributed by atoms with Crippen LogP contribution in [-0.4, -0.2) is 20.3 Å². The van der Waals surface area contributed by atoms with Crippen LogP contribution in [0.15, 0.2) is 47.4 Å². The van der Waals surface area contributed by atoms with E-state index in [4.69, 9.17) is 10.5 Å². The highest BCUT2D eigenvalue weighted by Crippen LogP contribution is 2.30. The van der Waals surface area contributed by atoms with Crippen LogP contribution in [0.25, 0.3) is 0 Å². The van der Waals surface area contributed by atoms with Crippen molar-refractivity contribution in [1.82, 2.24) is 0 Å². The van der Waals surface area contributed by atoms with Crippen molar-refractivity contribution in [2.45, 2.75) is 24.3 Å². The average Bonchev–Trinajstić information content (AvgIpc) is 2.79. The third kappa shape index (κ3) is 2.88. The maximum absolute atomic E-state index is 12.4. The Kier molecular flexibility index (Phi) is 3.37. The molecule has 0 aromatic heterocycles. The van der Waals surface area contributed by atoms with Gasteiger partial charge in [0.25, 0.3) is 0 Å². The summed E-state index contributed by atoms with van der Waals surface area (Å²) in [7, 11) is -3.40. The third-order valence-corrected chi connectivity index (χ3v) is 5.36. The number of nitrogens with two attached hydrogens (primary N) is 1. The highest BCUT2D eigenvalue weighted by molar-refractivity contribution is 7.91. The van der Waals surface area contributed by atoms with Gasteiger partial charge in [-0.2, -0.15) is 0 Å². The smallest absolute Gasteiger partial charge is 0.182 e. The molecule has 110 valence electrons. The van der Waals surface area contributed by atoms with E-state index in [-0.39, 0.29) is 16.8 Å². The van der Waals surface area contributed by atoms with Gasteiger partial charge >= 0.3 is 0 Å². The molecular weight excluding hydrogens is 286 g/mol. The van der Waals surface area contributed by atoms with Crippen LogP contribution >= 0.6 is 0 Å². The van der Waals surface area contributed by atoms with Crippen LogP contribution in [0.4, 0.5) is 5.69 Å². The summed E-state index contributed by atoms with van der Waals surface area (Å²) in [6.07, 6.45) is 0.284. The summed E-state index contributed by atoms with van der Waals surface area (Å²) < 4.78 is 30.6. The largest absolute Gasteiger partial charge is 0.489 e. The Labute approximate surface area is 124 Å². The molecule has 0 radical (unpaired) electrons. The van der Waals surface area contributed by atoms with Gasteiger partial charge in [0.1, 0.15) is 11.9 Å². The fraction of sp³-hybridized carbons (Fsp3) is 0.250. The van der Waals surface area contributed by atoms with E-state index in [2.05, 4.69) is 0 Å². The lowest BCUT2D eigenvalue weighted by molar-refractivity contribution is 0.256. The van der Waals surface area contributed by atoms with Crippen molar-refractivity contribution < 1.29 is 13.2 Å². The number of sulfone groups is 1. The Hall–Kier alpha value is -2.01. The van der Waals surface area contributed by atoms with Gasteiger partial charge in [0.2, 0.25) is 0 Å². The number of benzene rings is 2. The van der Waals surface area contributed by atoms with E-state index in [1.807, 2.05) is 25.1 Å². The standard InChI is InChI=1S/C16H17NO3S/c1-11-5-6-16-12(7-11)8-14(20-16)10-21(18,19)15-4-2-3-13(17)9-15/h2-7,9,14H,8,10,17H2,1H3. The zero-order valence-electron chi connectivity index (χ0n) is 11.7. The number of fused-ring (bicyclic) bond motifs is 1. The predicted octanol–water partition coefficient (Wildman–Crippen LogP) is 2.35. The molecule has 0 fully saturated rings. The highest BCUT2D eigenvalue weighted by atomic mass is 32.2. The lowest BCUT2D eigenvalue weighted by atomic mass is 10.1. The molecule has 5 heteroatoms. The predicted molar refractivity (Wildman–Crippen MR) is 82.2 cm³/mol. The second-order valence-corrected chi connectivity index (χ2v) is 7.44. The van der Waals surface area contributed by atoms with Gasteiger partial charge in [0.05, 0.1) is 10.6 Å². The first kappa shape index (κ1) is 13.9. The fourth-order valence-corrected chi connectivity index (χ4v) is 4.06. The molecule has 0 aliphatic carbocycles. The van der Waals surface area contributed by atoms with Crippen molar-refractivity contribution in [3.05, 3.63) is 53.6 Å². The van der Waals surface area contributed by atoms with Gasteiger partial charge in [-0.15, -0.1) is 0 Å². The van der Waals surface area contributed by atoms with E-state index < -0.39 is 9.84 Å². The maximum Gasteiger partial charge on any atom is 0.182 e. The number of hydrogen-bond donors (Lipinski definition) is 1. The molecule has 1 atom stereocenters. The molecule has 4 nitrogen and oxygen atoms in total. The van der Waals surface area contributed by atoms with E-state index in [9.17, 15) is 8.42 Å². The second-order valence-electron chi connectivity index (χ2n) is 5.41. The van der Waals surface area contributed by atoms with E-state index >= 15 is 0 Å². The van der Waals surface area contributed by atoms with Gasteiger partial charge in [-0.25, -0.2) is 8.42 Å². The Morgan fingerprint density at radius 1 is 1.24 bits per heavy atom. The molecule has 1 aliphatic rings. The van der Waals surface area contributed by atoms with Crippen molar-refractivity contribution >= 4 is 15.5 Å². The average molecular weight is 303 g/mol. The van der Waals surface area contributed by atoms with Gasteiger partial charge in [0, 0.05) is 12.1 Å². The molecular formula is C16H17NO3S. The summed E-state index contributed by atoms with van der Waals surface area (Å²) in [5.74, 6) is 0.748.